The summed E-state index contributed by atoms with van der Waals surface area (Å²) in [6.07, 6.45) is 0. The Balaban J connectivity index is 0.000000227. The van der Waals surface area contributed by atoms with Crippen molar-refractivity contribution in [2.45, 2.75) is 5.88 Å². The van der Waals surface area contributed by atoms with Crippen molar-refractivity contribution in [3.05, 3.63) is 59.1 Å². The van der Waals surface area contributed by atoms with Gasteiger partial charge in [-0.15, -0.1) is 23.2 Å². The summed E-state index contributed by atoms with van der Waals surface area (Å²) in [4.78, 5) is 0. The number of hydrogen-bond donors (Lipinski definition) is 0. The molecule has 0 fully saturated rings. The molecule has 0 N–H and O–H groups in total. The van der Waals surface area contributed by atoms with Crippen LogP contribution in [-0.2, 0) is 22.9 Å². The van der Waals surface area contributed by atoms with E-state index in [2.05, 4.69) is 0 Å². The largest absolute Gasteiger partial charge is 2.00 e. The number of halogens is 2. The molecular formula is C11H10Cl2Fe. The quantitative estimate of drug-likeness (QED) is 0.413. The zero-order valence-electron chi connectivity index (χ0n) is 7.44. The predicted octanol–water partition coefficient (Wildman–Crippen LogP) is 4.20. The zero-order chi connectivity index (χ0) is 9.52. The van der Waals surface area contributed by atoms with Crippen LogP contribution < -0.4 is 0 Å². The summed E-state index contributed by atoms with van der Waals surface area (Å²) in [6, 6.07) is 15.5. The van der Waals surface area contributed by atoms with Crippen LogP contribution >= 0.6 is 23.2 Å². The van der Waals surface area contributed by atoms with E-state index >= 15 is 0 Å². The second-order valence-corrected chi connectivity index (χ2v) is 3.23. The molecule has 0 unspecified atom stereocenters. The van der Waals surface area contributed by atoms with Crippen LogP contribution in [0.15, 0.2) is 48.5 Å². The third-order valence-electron chi connectivity index (χ3n) is 1.51. The van der Waals surface area contributed by atoms with Crippen LogP contribution in [0.2, 0.25) is 5.02 Å². The van der Waals surface area contributed by atoms with Gasteiger partial charge in [0.05, 0.1) is 0 Å². The average molecular weight is 269 g/mol. The summed E-state index contributed by atoms with van der Waals surface area (Å²) in [6.45, 7) is 0. The standard InChI is InChI=1S/C6H6Cl.C5H4Cl.Fe/c7-5-6-3-1-2-4-6;6-5-3-1-2-4-5;/h1-4H,5H2;1-4H;/q2*-1;+2. The van der Waals surface area contributed by atoms with E-state index < -0.39 is 0 Å². The van der Waals surface area contributed by atoms with Crippen LogP contribution in [0, 0.1) is 0 Å². The van der Waals surface area contributed by atoms with Gasteiger partial charge in [0.1, 0.15) is 0 Å². The molecule has 0 aliphatic carbocycles. The maximum absolute atomic E-state index is 5.47. The molecule has 2 aromatic carbocycles. The van der Waals surface area contributed by atoms with Gasteiger partial charge in [0, 0.05) is 5.88 Å². The minimum absolute atomic E-state index is 0. The second-order valence-electron chi connectivity index (χ2n) is 2.53. The molecule has 0 nitrogen and oxygen atoms in total. The van der Waals surface area contributed by atoms with Gasteiger partial charge in [-0.25, -0.2) is 18.2 Å². The zero-order valence-corrected chi connectivity index (χ0v) is 10.1. The third-order valence-corrected chi connectivity index (χ3v) is 2.07. The van der Waals surface area contributed by atoms with Crippen molar-refractivity contribution < 1.29 is 17.1 Å². The Morgan fingerprint density at radius 2 is 1.71 bits per heavy atom. The molecule has 2 aromatic rings. The van der Waals surface area contributed by atoms with Crippen LogP contribution in [0.25, 0.3) is 0 Å². The summed E-state index contributed by atoms with van der Waals surface area (Å²) >= 11 is 10.9. The third kappa shape index (κ3) is 5.51. The van der Waals surface area contributed by atoms with Crippen molar-refractivity contribution in [1.29, 1.82) is 0 Å². The molecule has 0 saturated carbocycles. The molecule has 0 aliphatic rings. The minimum atomic E-state index is 0. The van der Waals surface area contributed by atoms with Crippen LogP contribution in [0.5, 0.6) is 0 Å². The fourth-order valence-electron chi connectivity index (χ4n) is 0.853. The first-order valence-corrected chi connectivity index (χ1v) is 4.88. The number of rotatable bonds is 1. The normalized spacial score (nSPS) is 8.43. The first kappa shape index (κ1) is 13.8. The van der Waals surface area contributed by atoms with Crippen molar-refractivity contribution in [2.75, 3.05) is 0 Å². The topological polar surface area (TPSA) is 0 Å². The van der Waals surface area contributed by atoms with E-state index in [1.807, 2.05) is 48.5 Å². The summed E-state index contributed by atoms with van der Waals surface area (Å²) in [5, 5.41) is 0.815. The Morgan fingerprint density at radius 3 is 1.93 bits per heavy atom. The Bertz CT molecular complexity index is 298. The van der Waals surface area contributed by atoms with E-state index in [1.54, 1.807) is 0 Å². The predicted molar refractivity (Wildman–Crippen MR) is 58.6 cm³/mol. The smallest absolute Gasteiger partial charge is 0.213 e. The molecule has 0 radical (unpaired) electrons. The molecule has 0 heterocycles. The molecule has 0 amide bonds. The Labute approximate surface area is 105 Å². The SMILES string of the molecule is ClCc1ccc[cH-]1.Clc1ccc[cH-]1.[Fe+2]. The summed E-state index contributed by atoms with van der Waals surface area (Å²) in [5.74, 6) is 0.632. The van der Waals surface area contributed by atoms with E-state index in [1.165, 1.54) is 5.56 Å². The van der Waals surface area contributed by atoms with Crippen molar-refractivity contribution in [2.24, 2.45) is 0 Å². The minimum Gasteiger partial charge on any atom is -0.213 e. The molecule has 0 aromatic heterocycles. The van der Waals surface area contributed by atoms with E-state index in [-0.39, 0.29) is 17.1 Å². The van der Waals surface area contributed by atoms with Crippen molar-refractivity contribution >= 4 is 23.2 Å². The first-order chi connectivity index (χ1) is 6.33. The summed E-state index contributed by atoms with van der Waals surface area (Å²) < 4.78 is 0. The molecule has 0 atom stereocenters. The molecule has 3 heteroatoms. The van der Waals surface area contributed by atoms with Crippen molar-refractivity contribution in [3.8, 4) is 0 Å². The Kier molecular flexibility index (Phi) is 8.02. The molecular weight excluding hydrogens is 259 g/mol. The maximum Gasteiger partial charge on any atom is 2.00 e. The summed E-state index contributed by atoms with van der Waals surface area (Å²) in [7, 11) is 0. The van der Waals surface area contributed by atoms with E-state index in [4.69, 9.17) is 23.2 Å². The maximum atomic E-state index is 5.47. The molecule has 0 aliphatic heterocycles. The van der Waals surface area contributed by atoms with Gasteiger partial charge >= 0.3 is 17.1 Å². The van der Waals surface area contributed by atoms with Crippen LogP contribution in [-0.4, -0.2) is 0 Å². The van der Waals surface area contributed by atoms with E-state index in [0.717, 1.165) is 5.02 Å². The summed E-state index contributed by atoms with van der Waals surface area (Å²) in [5.41, 5.74) is 1.20. The van der Waals surface area contributed by atoms with Gasteiger partial charge in [0.2, 0.25) is 0 Å². The van der Waals surface area contributed by atoms with Crippen LogP contribution in [0.1, 0.15) is 5.56 Å². The molecule has 0 spiro atoms. The van der Waals surface area contributed by atoms with Gasteiger partial charge in [-0.05, 0) is 0 Å². The van der Waals surface area contributed by atoms with E-state index in [0.29, 0.717) is 5.88 Å². The van der Waals surface area contributed by atoms with Gasteiger partial charge in [0.25, 0.3) is 0 Å². The van der Waals surface area contributed by atoms with Gasteiger partial charge in [-0.1, -0.05) is 5.02 Å². The van der Waals surface area contributed by atoms with Crippen molar-refractivity contribution in [1.82, 2.24) is 0 Å². The van der Waals surface area contributed by atoms with Gasteiger partial charge in [-0.3, -0.25) is 0 Å². The first-order valence-electron chi connectivity index (χ1n) is 3.96. The van der Waals surface area contributed by atoms with Crippen molar-refractivity contribution in [3.63, 3.8) is 0 Å². The van der Waals surface area contributed by atoms with E-state index in [9.17, 15) is 0 Å². The second kappa shape index (κ2) is 8.14. The molecule has 0 bridgehead atoms. The van der Waals surface area contributed by atoms with Crippen LogP contribution in [0.4, 0.5) is 0 Å². The average Bonchev–Trinajstić information content (AvgIpc) is 2.76. The Morgan fingerprint density at radius 1 is 1.07 bits per heavy atom. The number of hydrogen-bond acceptors (Lipinski definition) is 0. The van der Waals surface area contributed by atoms with Crippen LogP contribution in [0.3, 0.4) is 0 Å². The fraction of sp³-hybridized carbons (Fsp3) is 0.0909. The van der Waals surface area contributed by atoms with Gasteiger partial charge in [0.15, 0.2) is 0 Å². The fourth-order valence-corrected chi connectivity index (χ4v) is 1.18. The monoisotopic (exact) mass is 268 g/mol. The van der Waals surface area contributed by atoms with Gasteiger partial charge < -0.3 is 0 Å². The van der Waals surface area contributed by atoms with Gasteiger partial charge in [-0.2, -0.15) is 35.9 Å². The number of alkyl halides is 1. The molecule has 0 saturated heterocycles. The molecule has 2 rings (SSSR count). The molecule has 76 valence electrons. The Hall–Kier alpha value is -0.201. The molecule has 14 heavy (non-hydrogen) atoms.